The number of nitrogens with zero attached hydrogens (tertiary/aromatic N) is 3. The number of pyridine rings is 3. The number of hydrogen-bond donors (Lipinski definition) is 0. The molecule has 14 aromatic rings. The number of rotatable bonds is 11. The molecular weight excluding hydrogens is 1020 g/mol. The van der Waals surface area contributed by atoms with Crippen molar-refractivity contribution in [2.24, 2.45) is 0 Å². The van der Waals surface area contributed by atoms with E-state index in [1.165, 1.54) is 66.1 Å². The largest absolute Gasteiger partial charge is 0.427 e. The third-order valence-electron chi connectivity index (χ3n) is 19.4. The van der Waals surface area contributed by atoms with Crippen LogP contribution in [0.2, 0.25) is 0 Å². The quantitative estimate of drug-likeness (QED) is 0.0954. The molecule has 0 amide bonds. The van der Waals surface area contributed by atoms with Gasteiger partial charge in [0.05, 0.1) is 33.6 Å². The summed E-state index contributed by atoms with van der Waals surface area (Å²) in [6.45, 7) is 0. The Morgan fingerprint density at radius 2 is 0.690 bits per heavy atom. The minimum atomic E-state index is -0.826. The number of esters is 1. The molecule has 3 heterocycles. The first-order valence-corrected chi connectivity index (χ1v) is 29.5. The van der Waals surface area contributed by atoms with E-state index in [0.29, 0.717) is 25.0 Å². The average molecular weight is 1080 g/mol. The van der Waals surface area contributed by atoms with Gasteiger partial charge in [-0.1, -0.05) is 212 Å². The highest BCUT2D eigenvalue weighted by Crippen LogP contribution is 2.68. The van der Waals surface area contributed by atoms with Gasteiger partial charge in [0.25, 0.3) is 0 Å². The Morgan fingerprint density at radius 1 is 0.333 bits per heavy atom. The second-order valence-electron chi connectivity index (χ2n) is 23.7. The summed E-state index contributed by atoms with van der Waals surface area (Å²) < 4.78 is 6.31. The van der Waals surface area contributed by atoms with E-state index in [4.69, 9.17) is 19.7 Å². The first-order valence-electron chi connectivity index (χ1n) is 29.5. The molecule has 11 aromatic carbocycles. The molecule has 0 bridgehead atoms. The molecule has 0 spiro atoms. The van der Waals surface area contributed by atoms with Crippen molar-refractivity contribution in [3.05, 3.63) is 300 Å². The lowest BCUT2D eigenvalue weighted by Crippen LogP contribution is -2.44. The summed E-state index contributed by atoms with van der Waals surface area (Å²) in [5, 5.41) is 10.3. The van der Waals surface area contributed by atoms with Crippen LogP contribution in [-0.4, -0.2) is 20.9 Å². The van der Waals surface area contributed by atoms with E-state index in [1.54, 1.807) is 0 Å². The smallest absolute Gasteiger partial charge is 0.311 e. The van der Waals surface area contributed by atoms with Crippen molar-refractivity contribution >= 4 is 71.0 Å². The SMILES string of the molecule is O=C(CCC1(CC2(CC3(CCc4ccccc4)c4cc5ccccc5nc4-c4c3ccc3ccccc43)c3cc4ccccc4nc3-c3c2ccc2ccccc32)c2cc3ccccc3nc2-c2c1ccc1ccccc21)Oc1ccccc1. The van der Waals surface area contributed by atoms with Crippen molar-refractivity contribution in [3.8, 4) is 39.5 Å². The lowest BCUT2D eigenvalue weighted by Gasteiger charge is -2.47. The van der Waals surface area contributed by atoms with Crippen LogP contribution in [-0.2, 0) is 27.5 Å². The van der Waals surface area contributed by atoms with Crippen molar-refractivity contribution < 1.29 is 9.53 Å². The van der Waals surface area contributed by atoms with Crippen LogP contribution < -0.4 is 4.74 Å². The Kier molecular flexibility index (Phi) is 10.8. The van der Waals surface area contributed by atoms with Crippen molar-refractivity contribution in [1.29, 1.82) is 0 Å². The van der Waals surface area contributed by atoms with Crippen LogP contribution in [0.5, 0.6) is 5.75 Å². The van der Waals surface area contributed by atoms with E-state index in [2.05, 4.69) is 231 Å². The van der Waals surface area contributed by atoms with Gasteiger partial charge in [0, 0.05) is 55.5 Å². The van der Waals surface area contributed by atoms with Crippen LogP contribution in [0.1, 0.15) is 71.0 Å². The molecule has 3 atom stereocenters. The third-order valence-corrected chi connectivity index (χ3v) is 19.4. The van der Waals surface area contributed by atoms with E-state index < -0.39 is 16.2 Å². The number of carbonyl (C=O) groups excluding carboxylic acids is 1. The number of aromatic nitrogens is 3. The third kappa shape index (κ3) is 7.27. The minimum Gasteiger partial charge on any atom is -0.427 e. The van der Waals surface area contributed by atoms with Crippen LogP contribution in [0.3, 0.4) is 0 Å². The zero-order chi connectivity index (χ0) is 55.6. The molecule has 5 nitrogen and oxygen atoms in total. The first kappa shape index (κ1) is 48.6. The normalized spacial score (nSPS) is 18.0. The monoisotopic (exact) mass is 1080 g/mol. The number of carbonyl (C=O) groups is 1. The number of hydrogen-bond acceptors (Lipinski definition) is 5. The van der Waals surface area contributed by atoms with E-state index >= 15 is 0 Å². The second kappa shape index (κ2) is 18.7. The van der Waals surface area contributed by atoms with Gasteiger partial charge >= 0.3 is 5.97 Å². The van der Waals surface area contributed by atoms with Crippen LogP contribution in [0.25, 0.3) is 98.8 Å². The lowest BCUT2D eigenvalue weighted by atomic mass is 9.54. The number of fused-ring (bicyclic) bond motifs is 18. The summed E-state index contributed by atoms with van der Waals surface area (Å²) in [6, 6.07) is 94.7. The number of aryl methyl sites for hydroxylation is 1. The highest BCUT2D eigenvalue weighted by atomic mass is 16.5. The average Bonchev–Trinajstić information content (AvgIpc) is 1.56. The Bertz CT molecular complexity index is 5060. The molecule has 0 radical (unpaired) electrons. The highest BCUT2D eigenvalue weighted by molar-refractivity contribution is 6.07. The van der Waals surface area contributed by atoms with Gasteiger partial charge in [-0.05, 0) is 152 Å². The Morgan fingerprint density at radius 3 is 1.14 bits per heavy atom. The van der Waals surface area contributed by atoms with E-state index in [9.17, 15) is 4.79 Å². The van der Waals surface area contributed by atoms with Crippen LogP contribution in [0.4, 0.5) is 0 Å². The van der Waals surface area contributed by atoms with Gasteiger partial charge in [-0.15, -0.1) is 0 Å². The van der Waals surface area contributed by atoms with Crippen LogP contribution >= 0.6 is 0 Å². The summed E-state index contributed by atoms with van der Waals surface area (Å²) in [6.07, 6.45) is 3.49. The Balaban J connectivity index is 1.02. The van der Waals surface area contributed by atoms with Gasteiger partial charge in [-0.3, -0.25) is 4.79 Å². The molecule has 17 rings (SSSR count). The molecule has 398 valence electrons. The molecule has 3 aliphatic rings. The fourth-order valence-corrected chi connectivity index (χ4v) is 15.8. The second-order valence-corrected chi connectivity index (χ2v) is 23.7. The molecule has 0 aliphatic heterocycles. The summed E-state index contributed by atoms with van der Waals surface area (Å²) in [4.78, 5) is 32.4. The molecule has 0 N–H and O–H groups in total. The predicted octanol–water partition coefficient (Wildman–Crippen LogP) is 18.8. The fourth-order valence-electron chi connectivity index (χ4n) is 15.8. The molecule has 3 aromatic heterocycles. The van der Waals surface area contributed by atoms with Gasteiger partial charge in [0.15, 0.2) is 0 Å². The van der Waals surface area contributed by atoms with Gasteiger partial charge in [-0.2, -0.15) is 0 Å². The summed E-state index contributed by atoms with van der Waals surface area (Å²) in [5.74, 6) is 0.266. The molecule has 3 aliphatic carbocycles. The molecule has 0 fully saturated rings. The van der Waals surface area contributed by atoms with Crippen molar-refractivity contribution in [1.82, 2.24) is 15.0 Å². The van der Waals surface area contributed by atoms with E-state index in [-0.39, 0.29) is 12.4 Å². The standard InChI is InChI=1S/C79H55N3O2/c83-70(84-57-27-5-2-6-28-57)42-44-78(62-39-36-52-22-8-14-30-59(52)72(62)75-65(78)46-55-25-11-17-33-68(55)81-75)49-79(63-40-37-53-23-9-15-31-60(53)73(63)76-66(79)47-56-26-12-18-34-69(56)82-76)48-77(43-41-50-19-3-1-4-20-50)61-38-35-51-21-7-13-29-58(51)71(61)74-64(77)45-54-24-10-16-32-67(54)80-74/h1-40,45-47H,41-44,48-49H2. The number of ether oxygens (including phenoxy) is 1. The topological polar surface area (TPSA) is 65.0 Å². The predicted molar refractivity (Wildman–Crippen MR) is 342 cm³/mol. The maximum absolute atomic E-state index is 15.0. The van der Waals surface area contributed by atoms with E-state index in [0.717, 1.165) is 84.5 Å². The van der Waals surface area contributed by atoms with E-state index in [1.807, 2.05) is 30.3 Å². The van der Waals surface area contributed by atoms with Crippen molar-refractivity contribution in [2.45, 2.75) is 54.8 Å². The van der Waals surface area contributed by atoms with Gasteiger partial charge in [-0.25, -0.2) is 15.0 Å². The molecular formula is C79H55N3O2. The lowest BCUT2D eigenvalue weighted by molar-refractivity contribution is -0.134. The van der Waals surface area contributed by atoms with Gasteiger partial charge in [0.1, 0.15) is 5.75 Å². The molecule has 0 saturated carbocycles. The van der Waals surface area contributed by atoms with Crippen molar-refractivity contribution in [2.75, 3.05) is 0 Å². The number of para-hydroxylation sites is 4. The molecule has 84 heavy (non-hydrogen) atoms. The van der Waals surface area contributed by atoms with Crippen LogP contribution in [0, 0.1) is 0 Å². The van der Waals surface area contributed by atoms with Gasteiger partial charge < -0.3 is 4.74 Å². The first-order chi connectivity index (χ1) is 41.4. The zero-order valence-electron chi connectivity index (χ0n) is 46.2. The molecule has 0 saturated heterocycles. The highest BCUT2D eigenvalue weighted by Gasteiger charge is 2.59. The van der Waals surface area contributed by atoms with Crippen LogP contribution in [0.15, 0.2) is 261 Å². The van der Waals surface area contributed by atoms with Crippen molar-refractivity contribution in [3.63, 3.8) is 0 Å². The molecule has 5 heteroatoms. The fraction of sp³-hybridized carbons (Fsp3) is 0.114. The summed E-state index contributed by atoms with van der Waals surface area (Å²) >= 11 is 0. The minimum absolute atomic E-state index is 0.156. The summed E-state index contributed by atoms with van der Waals surface area (Å²) in [7, 11) is 0. The van der Waals surface area contributed by atoms with Gasteiger partial charge in [0.2, 0.25) is 0 Å². The zero-order valence-corrected chi connectivity index (χ0v) is 46.2. The maximum Gasteiger partial charge on any atom is 0.311 e. The Labute approximate surface area is 486 Å². The number of benzene rings is 11. The molecule has 3 unspecified atom stereocenters. The summed E-state index contributed by atoms with van der Waals surface area (Å²) in [5.41, 5.74) is 15.8. The Hall–Kier alpha value is -10.1. The maximum atomic E-state index is 15.0.